The maximum absolute atomic E-state index is 11.6. The molecule has 16 heavy (non-hydrogen) atoms. The van der Waals surface area contributed by atoms with E-state index in [0.717, 1.165) is 0 Å². The van der Waals surface area contributed by atoms with Gasteiger partial charge >= 0.3 is 5.97 Å². The molecule has 0 atom stereocenters. The summed E-state index contributed by atoms with van der Waals surface area (Å²) in [7, 11) is 1.51. The first-order valence-electron chi connectivity index (χ1n) is 4.47. The molecule has 2 N–H and O–H groups in total. The number of rotatable bonds is 4. The van der Waals surface area contributed by atoms with Crippen molar-refractivity contribution in [2.75, 3.05) is 26.1 Å². The zero-order valence-electron chi connectivity index (χ0n) is 8.63. The van der Waals surface area contributed by atoms with Gasteiger partial charge in [-0.05, 0) is 12.1 Å². The number of ether oxygens (including phenoxy) is 2. The number of anilines is 1. The number of nitrogen functional groups attached to an aromatic ring is 1. The minimum absolute atomic E-state index is 0.0882. The lowest BCUT2D eigenvalue weighted by atomic mass is 10.2. The lowest BCUT2D eigenvalue weighted by Crippen LogP contribution is -2.12. The summed E-state index contributed by atoms with van der Waals surface area (Å²) in [5.74, 6) is -0.609. The van der Waals surface area contributed by atoms with Crippen LogP contribution in [0.2, 0.25) is 10.0 Å². The van der Waals surface area contributed by atoms with E-state index in [-0.39, 0.29) is 27.9 Å². The molecule has 0 saturated carbocycles. The van der Waals surface area contributed by atoms with Crippen LogP contribution in [0.4, 0.5) is 5.69 Å². The van der Waals surface area contributed by atoms with E-state index in [0.29, 0.717) is 6.61 Å². The molecular formula is C10H11Cl2NO3. The molecular weight excluding hydrogens is 253 g/mol. The third kappa shape index (κ3) is 3.01. The molecule has 0 amide bonds. The van der Waals surface area contributed by atoms with Gasteiger partial charge in [-0.15, -0.1) is 0 Å². The van der Waals surface area contributed by atoms with Crippen molar-refractivity contribution in [1.82, 2.24) is 0 Å². The van der Waals surface area contributed by atoms with Gasteiger partial charge in [-0.2, -0.15) is 0 Å². The summed E-state index contributed by atoms with van der Waals surface area (Å²) in [5.41, 5.74) is 5.85. The predicted molar refractivity (Wildman–Crippen MR) is 63.0 cm³/mol. The Kier molecular flexibility index (Phi) is 4.86. The topological polar surface area (TPSA) is 61.5 Å². The Morgan fingerprint density at radius 1 is 1.31 bits per heavy atom. The van der Waals surface area contributed by atoms with Crippen LogP contribution in [-0.2, 0) is 9.47 Å². The number of hydrogen-bond acceptors (Lipinski definition) is 4. The van der Waals surface area contributed by atoms with Crippen molar-refractivity contribution >= 4 is 34.9 Å². The molecule has 0 aliphatic heterocycles. The standard InChI is InChI=1S/C10H11Cl2NO3/c1-15-4-5-16-10(14)8-6(11)2-3-7(12)9(8)13/h2-3H,4-5,13H2,1H3. The third-order valence-corrected chi connectivity index (χ3v) is 2.51. The first-order valence-corrected chi connectivity index (χ1v) is 5.23. The van der Waals surface area contributed by atoms with Crippen LogP contribution < -0.4 is 5.73 Å². The molecule has 0 saturated heterocycles. The van der Waals surface area contributed by atoms with Gasteiger partial charge in [-0.25, -0.2) is 4.79 Å². The van der Waals surface area contributed by atoms with E-state index in [1.54, 1.807) is 0 Å². The Bertz CT molecular complexity index is 396. The lowest BCUT2D eigenvalue weighted by Gasteiger charge is -2.09. The van der Waals surface area contributed by atoms with Gasteiger partial charge in [0, 0.05) is 7.11 Å². The highest BCUT2D eigenvalue weighted by Crippen LogP contribution is 2.29. The Labute approximate surface area is 103 Å². The number of carbonyl (C=O) groups excluding carboxylic acids is 1. The Morgan fingerprint density at radius 3 is 2.56 bits per heavy atom. The van der Waals surface area contributed by atoms with E-state index >= 15 is 0 Å². The molecule has 1 rings (SSSR count). The summed E-state index contributed by atoms with van der Waals surface area (Å²) >= 11 is 11.6. The molecule has 4 nitrogen and oxygen atoms in total. The van der Waals surface area contributed by atoms with Crippen LogP contribution in [-0.4, -0.2) is 26.3 Å². The van der Waals surface area contributed by atoms with Crippen molar-refractivity contribution in [3.05, 3.63) is 27.7 Å². The molecule has 0 spiro atoms. The van der Waals surface area contributed by atoms with E-state index in [1.165, 1.54) is 19.2 Å². The van der Waals surface area contributed by atoms with Crippen molar-refractivity contribution in [3.63, 3.8) is 0 Å². The van der Waals surface area contributed by atoms with Gasteiger partial charge in [-0.1, -0.05) is 23.2 Å². The Morgan fingerprint density at radius 2 is 1.94 bits per heavy atom. The highest BCUT2D eigenvalue weighted by molar-refractivity contribution is 6.38. The van der Waals surface area contributed by atoms with Crippen molar-refractivity contribution in [2.24, 2.45) is 0 Å². The molecule has 0 bridgehead atoms. The van der Waals surface area contributed by atoms with Crippen molar-refractivity contribution in [3.8, 4) is 0 Å². The molecule has 0 fully saturated rings. The number of esters is 1. The van der Waals surface area contributed by atoms with Crippen molar-refractivity contribution in [1.29, 1.82) is 0 Å². The number of carbonyl (C=O) groups is 1. The minimum atomic E-state index is -0.609. The van der Waals surface area contributed by atoms with Crippen LogP contribution in [0.25, 0.3) is 0 Å². The summed E-state index contributed by atoms with van der Waals surface area (Å²) in [6, 6.07) is 3.01. The van der Waals surface area contributed by atoms with E-state index in [9.17, 15) is 4.79 Å². The van der Waals surface area contributed by atoms with Crippen LogP contribution >= 0.6 is 23.2 Å². The van der Waals surface area contributed by atoms with Crippen LogP contribution in [0.3, 0.4) is 0 Å². The Balaban J connectivity index is 2.86. The molecule has 0 heterocycles. The average Bonchev–Trinajstić information content (AvgIpc) is 2.24. The fourth-order valence-corrected chi connectivity index (χ4v) is 1.46. The smallest absolute Gasteiger partial charge is 0.341 e. The molecule has 1 aromatic rings. The average molecular weight is 264 g/mol. The summed E-state index contributed by atoms with van der Waals surface area (Å²) in [6.45, 7) is 0.446. The second-order valence-corrected chi connectivity index (χ2v) is 3.76. The Hall–Kier alpha value is -0.970. The van der Waals surface area contributed by atoms with Gasteiger partial charge in [-0.3, -0.25) is 0 Å². The van der Waals surface area contributed by atoms with Gasteiger partial charge < -0.3 is 15.2 Å². The third-order valence-electron chi connectivity index (χ3n) is 1.87. The minimum Gasteiger partial charge on any atom is -0.460 e. The fraction of sp³-hybridized carbons (Fsp3) is 0.300. The van der Waals surface area contributed by atoms with E-state index in [4.69, 9.17) is 38.4 Å². The second-order valence-electron chi connectivity index (χ2n) is 2.95. The molecule has 0 aromatic heterocycles. The summed E-state index contributed by atoms with van der Waals surface area (Å²) in [6.07, 6.45) is 0. The SMILES string of the molecule is COCCOC(=O)c1c(Cl)ccc(Cl)c1N. The van der Waals surface area contributed by atoms with Crippen molar-refractivity contribution in [2.45, 2.75) is 0 Å². The number of halogens is 2. The summed E-state index contributed by atoms with van der Waals surface area (Å²) < 4.78 is 9.64. The molecule has 0 aliphatic carbocycles. The number of hydrogen-bond donors (Lipinski definition) is 1. The van der Waals surface area contributed by atoms with E-state index in [1.807, 2.05) is 0 Å². The lowest BCUT2D eigenvalue weighted by molar-refractivity contribution is 0.0389. The zero-order chi connectivity index (χ0) is 12.1. The zero-order valence-corrected chi connectivity index (χ0v) is 10.1. The van der Waals surface area contributed by atoms with E-state index < -0.39 is 5.97 Å². The summed E-state index contributed by atoms with van der Waals surface area (Å²) in [4.78, 5) is 11.6. The summed E-state index contributed by atoms with van der Waals surface area (Å²) in [5, 5.41) is 0.479. The van der Waals surface area contributed by atoms with Gasteiger partial charge in [0.2, 0.25) is 0 Å². The predicted octanol–water partition coefficient (Wildman–Crippen LogP) is 2.38. The van der Waals surface area contributed by atoms with Gasteiger partial charge in [0.1, 0.15) is 12.2 Å². The van der Waals surface area contributed by atoms with Crippen LogP contribution in [0.15, 0.2) is 12.1 Å². The van der Waals surface area contributed by atoms with Crippen LogP contribution in [0.1, 0.15) is 10.4 Å². The monoisotopic (exact) mass is 263 g/mol. The quantitative estimate of drug-likeness (QED) is 0.515. The molecule has 0 unspecified atom stereocenters. The first-order chi connectivity index (χ1) is 7.57. The number of benzene rings is 1. The first kappa shape index (κ1) is 13.1. The van der Waals surface area contributed by atoms with Crippen LogP contribution in [0, 0.1) is 0 Å². The van der Waals surface area contributed by atoms with Crippen LogP contribution in [0.5, 0.6) is 0 Å². The molecule has 6 heteroatoms. The van der Waals surface area contributed by atoms with Gasteiger partial charge in [0.25, 0.3) is 0 Å². The highest BCUT2D eigenvalue weighted by Gasteiger charge is 2.17. The van der Waals surface area contributed by atoms with Crippen molar-refractivity contribution < 1.29 is 14.3 Å². The highest BCUT2D eigenvalue weighted by atomic mass is 35.5. The normalized spacial score (nSPS) is 10.2. The van der Waals surface area contributed by atoms with Gasteiger partial charge in [0.05, 0.1) is 22.3 Å². The fourth-order valence-electron chi connectivity index (χ4n) is 1.06. The molecule has 88 valence electrons. The number of nitrogens with two attached hydrogens (primary N) is 1. The second kappa shape index (κ2) is 5.94. The van der Waals surface area contributed by atoms with Gasteiger partial charge in [0.15, 0.2) is 0 Å². The number of methoxy groups -OCH3 is 1. The molecule has 1 aromatic carbocycles. The largest absolute Gasteiger partial charge is 0.460 e. The molecule has 0 radical (unpaired) electrons. The van der Waals surface area contributed by atoms with E-state index in [2.05, 4.69) is 0 Å². The maximum atomic E-state index is 11.6. The maximum Gasteiger partial charge on any atom is 0.341 e. The molecule has 0 aliphatic rings.